The third-order valence-corrected chi connectivity index (χ3v) is 2.23. The minimum Gasteiger partial charge on any atom is -0.322 e. The molecule has 1 aromatic carbocycles. The average Bonchev–Trinajstić information content (AvgIpc) is 2.34. The van der Waals surface area contributed by atoms with Gasteiger partial charge in [0.25, 0.3) is 0 Å². The zero-order valence-corrected chi connectivity index (χ0v) is 10.0. The van der Waals surface area contributed by atoms with Gasteiger partial charge in [-0.2, -0.15) is 26.3 Å². The maximum Gasteiger partial charge on any atom is 0.421 e. The smallest absolute Gasteiger partial charge is 0.322 e. The van der Waals surface area contributed by atoms with Crippen molar-refractivity contribution in [1.82, 2.24) is 0 Å². The molecule has 0 spiro atoms. The zero-order valence-electron chi connectivity index (χ0n) is 10.0. The molecular formula is C12H7F6NO2. The van der Waals surface area contributed by atoms with E-state index in [9.17, 15) is 35.9 Å². The lowest BCUT2D eigenvalue weighted by molar-refractivity contribution is -0.172. The van der Waals surface area contributed by atoms with E-state index >= 15 is 0 Å². The second kappa shape index (κ2) is 5.98. The molecule has 0 heterocycles. The van der Waals surface area contributed by atoms with Crippen LogP contribution in [0.3, 0.4) is 0 Å². The number of aldehydes is 1. The molecule has 9 heteroatoms. The van der Waals surface area contributed by atoms with E-state index in [0.29, 0.717) is 6.29 Å². The topological polar surface area (TPSA) is 46.2 Å². The number of alkyl halides is 6. The Bertz CT molecular complexity index is 558. The summed E-state index contributed by atoms with van der Waals surface area (Å²) in [6.07, 6.45) is -11.7. The fourth-order valence-electron chi connectivity index (χ4n) is 1.34. The Morgan fingerprint density at radius 2 is 1.52 bits per heavy atom. The van der Waals surface area contributed by atoms with Crippen molar-refractivity contribution in [2.24, 2.45) is 0 Å². The largest absolute Gasteiger partial charge is 0.421 e. The van der Waals surface area contributed by atoms with Crippen LogP contribution >= 0.6 is 0 Å². The average molecular weight is 311 g/mol. The Hall–Kier alpha value is -2.32. The monoisotopic (exact) mass is 311 g/mol. The van der Waals surface area contributed by atoms with Crippen LogP contribution in [0.15, 0.2) is 35.9 Å². The van der Waals surface area contributed by atoms with Crippen LogP contribution < -0.4 is 5.32 Å². The number of carbonyl (C=O) groups excluding carboxylic acids is 2. The van der Waals surface area contributed by atoms with Gasteiger partial charge in [-0.05, 0) is 12.1 Å². The quantitative estimate of drug-likeness (QED) is 0.528. The molecule has 0 fully saturated rings. The number of carbonyl (C=O) groups is 2. The van der Waals surface area contributed by atoms with E-state index in [2.05, 4.69) is 0 Å². The first-order valence-electron chi connectivity index (χ1n) is 5.27. The van der Waals surface area contributed by atoms with E-state index < -0.39 is 29.9 Å². The predicted molar refractivity (Wildman–Crippen MR) is 60.7 cm³/mol. The molecule has 1 amide bonds. The number of allylic oxidation sites excluding steroid dienone is 1. The van der Waals surface area contributed by atoms with E-state index in [1.807, 2.05) is 0 Å². The highest BCUT2D eigenvalue weighted by Crippen LogP contribution is 2.38. The Labute approximate surface area is 114 Å². The number of nitrogens with one attached hydrogen (secondary N) is 1. The van der Waals surface area contributed by atoms with Gasteiger partial charge >= 0.3 is 12.4 Å². The minimum absolute atomic E-state index is 0.0835. The second-order valence-corrected chi connectivity index (χ2v) is 3.75. The summed E-state index contributed by atoms with van der Waals surface area (Å²) in [6.45, 7) is 0. The molecule has 1 N–H and O–H groups in total. The molecule has 0 unspecified atom stereocenters. The van der Waals surface area contributed by atoms with Crippen molar-refractivity contribution in [3.05, 3.63) is 41.5 Å². The number of hydrogen-bond donors (Lipinski definition) is 1. The molecule has 3 nitrogen and oxygen atoms in total. The standard InChI is InChI=1S/C12H7F6NO2/c13-11(14,15)9(12(16,17)18)5-10(21)19-8-4-2-1-3-7(8)6-20/h1-6H,(H,19,21). The van der Waals surface area contributed by atoms with Crippen LogP contribution in [0.2, 0.25) is 0 Å². The van der Waals surface area contributed by atoms with Crippen molar-refractivity contribution in [2.75, 3.05) is 5.32 Å². The van der Waals surface area contributed by atoms with Gasteiger partial charge in [-0.3, -0.25) is 9.59 Å². The number of hydrogen-bond acceptors (Lipinski definition) is 2. The lowest BCUT2D eigenvalue weighted by atomic mass is 10.2. The fourth-order valence-corrected chi connectivity index (χ4v) is 1.34. The SMILES string of the molecule is O=Cc1ccccc1NC(=O)C=C(C(F)(F)F)C(F)(F)F. The third kappa shape index (κ3) is 4.62. The van der Waals surface area contributed by atoms with Crippen molar-refractivity contribution in [1.29, 1.82) is 0 Å². The molecule has 0 aliphatic heterocycles. The Morgan fingerprint density at radius 1 is 1.00 bits per heavy atom. The lowest BCUT2D eigenvalue weighted by Crippen LogP contribution is -2.28. The molecule has 0 aliphatic rings. The van der Waals surface area contributed by atoms with E-state index in [1.54, 1.807) is 5.32 Å². The van der Waals surface area contributed by atoms with Crippen molar-refractivity contribution < 1.29 is 35.9 Å². The van der Waals surface area contributed by atoms with Gasteiger partial charge in [0.15, 0.2) is 6.29 Å². The van der Waals surface area contributed by atoms with Crippen LogP contribution in [-0.2, 0) is 4.79 Å². The van der Waals surface area contributed by atoms with Gasteiger partial charge in [-0.1, -0.05) is 12.1 Å². The van der Waals surface area contributed by atoms with Crippen LogP contribution in [0.5, 0.6) is 0 Å². The van der Waals surface area contributed by atoms with E-state index in [-0.39, 0.29) is 11.3 Å². The van der Waals surface area contributed by atoms with E-state index in [4.69, 9.17) is 0 Å². The molecule has 0 aliphatic carbocycles. The van der Waals surface area contributed by atoms with E-state index in [0.717, 1.165) is 6.07 Å². The molecular weight excluding hydrogens is 304 g/mol. The van der Waals surface area contributed by atoms with Gasteiger partial charge in [0.1, 0.15) is 5.57 Å². The number of anilines is 1. The van der Waals surface area contributed by atoms with Crippen molar-refractivity contribution >= 4 is 17.9 Å². The molecule has 1 aromatic rings. The number of halogens is 6. The summed E-state index contributed by atoms with van der Waals surface area (Å²) in [5, 5.41) is 1.79. The van der Waals surface area contributed by atoms with E-state index in [1.165, 1.54) is 18.2 Å². The molecule has 0 radical (unpaired) electrons. The highest BCUT2D eigenvalue weighted by molar-refractivity contribution is 6.02. The Balaban J connectivity index is 3.08. The highest BCUT2D eigenvalue weighted by Gasteiger charge is 2.51. The fraction of sp³-hybridized carbons (Fsp3) is 0.167. The summed E-state index contributed by atoms with van der Waals surface area (Å²) < 4.78 is 73.4. The molecule has 0 bridgehead atoms. The molecule has 1 rings (SSSR count). The first-order chi connectivity index (χ1) is 9.55. The van der Waals surface area contributed by atoms with Crippen LogP contribution in [0.4, 0.5) is 32.0 Å². The maximum atomic E-state index is 12.2. The number of para-hydroxylation sites is 1. The Kier molecular flexibility index (Phi) is 4.77. The van der Waals surface area contributed by atoms with Gasteiger partial charge in [0.2, 0.25) is 5.91 Å². The molecule has 0 atom stereocenters. The Morgan fingerprint density at radius 3 is 2.00 bits per heavy atom. The summed E-state index contributed by atoms with van der Waals surface area (Å²) in [5.41, 5.74) is -3.21. The van der Waals surface area contributed by atoms with Gasteiger partial charge in [-0.15, -0.1) is 0 Å². The van der Waals surface area contributed by atoms with Gasteiger partial charge in [0, 0.05) is 11.6 Å². The second-order valence-electron chi connectivity index (χ2n) is 3.75. The maximum absolute atomic E-state index is 12.2. The summed E-state index contributed by atoms with van der Waals surface area (Å²) >= 11 is 0. The molecule has 0 saturated heterocycles. The number of amides is 1. The zero-order chi connectivity index (χ0) is 16.3. The van der Waals surface area contributed by atoms with Crippen LogP contribution in [0.25, 0.3) is 0 Å². The first-order valence-corrected chi connectivity index (χ1v) is 5.27. The highest BCUT2D eigenvalue weighted by atomic mass is 19.4. The van der Waals surface area contributed by atoms with Gasteiger partial charge in [0.05, 0.1) is 5.69 Å². The number of benzene rings is 1. The predicted octanol–water partition coefficient (Wildman–Crippen LogP) is 3.49. The molecule has 0 aromatic heterocycles. The van der Waals surface area contributed by atoms with Gasteiger partial charge < -0.3 is 5.32 Å². The van der Waals surface area contributed by atoms with Crippen LogP contribution in [0.1, 0.15) is 10.4 Å². The summed E-state index contributed by atoms with van der Waals surface area (Å²) in [5.74, 6) is -1.64. The first kappa shape index (κ1) is 16.7. The molecule has 21 heavy (non-hydrogen) atoms. The van der Waals surface area contributed by atoms with Crippen molar-refractivity contribution in [3.63, 3.8) is 0 Å². The van der Waals surface area contributed by atoms with Crippen molar-refractivity contribution in [3.8, 4) is 0 Å². The van der Waals surface area contributed by atoms with Gasteiger partial charge in [-0.25, -0.2) is 0 Å². The number of rotatable bonds is 3. The molecule has 114 valence electrons. The summed E-state index contributed by atoms with van der Waals surface area (Å²) in [7, 11) is 0. The lowest BCUT2D eigenvalue weighted by Gasteiger charge is -2.14. The van der Waals surface area contributed by atoms with Crippen LogP contribution in [0, 0.1) is 0 Å². The minimum atomic E-state index is -5.72. The van der Waals surface area contributed by atoms with Crippen LogP contribution in [-0.4, -0.2) is 24.5 Å². The van der Waals surface area contributed by atoms with Crippen molar-refractivity contribution in [2.45, 2.75) is 12.4 Å². The molecule has 0 saturated carbocycles. The normalized spacial score (nSPS) is 11.7. The summed E-state index contributed by atoms with van der Waals surface area (Å²) in [6, 6.07) is 5.16. The third-order valence-electron chi connectivity index (χ3n) is 2.23. The summed E-state index contributed by atoms with van der Waals surface area (Å²) in [4.78, 5) is 21.9.